The molecule has 1 rings (SSSR count). The van der Waals surface area contributed by atoms with Gasteiger partial charge in [-0.15, -0.1) is 0 Å². The zero-order valence-corrected chi connectivity index (χ0v) is 14.8. The fourth-order valence-corrected chi connectivity index (χ4v) is 3.16. The molecule has 2 atom stereocenters. The van der Waals surface area contributed by atoms with Crippen LogP contribution in [0.5, 0.6) is 0 Å². The van der Waals surface area contributed by atoms with E-state index in [9.17, 15) is 27.9 Å². The molecule has 0 aliphatic rings. The van der Waals surface area contributed by atoms with E-state index in [1.165, 1.54) is 0 Å². The van der Waals surface area contributed by atoms with E-state index in [0.717, 1.165) is 6.26 Å². The van der Waals surface area contributed by atoms with Crippen molar-refractivity contribution in [3.8, 4) is 0 Å². The first kappa shape index (κ1) is 21.2. The van der Waals surface area contributed by atoms with E-state index in [4.69, 9.17) is 5.53 Å². The lowest BCUT2D eigenvalue weighted by Crippen LogP contribution is -2.48. The fraction of sp³-hybridized carbons (Fsp3) is 0.375. The maximum atomic E-state index is 12.4. The molecule has 0 saturated heterocycles. The maximum Gasteiger partial charge on any atom is 0.326 e. The third-order valence-corrected chi connectivity index (χ3v) is 4.98. The quantitative estimate of drug-likeness (QED) is 0.327. The second-order valence-electron chi connectivity index (χ2n) is 5.66. The molecule has 26 heavy (non-hydrogen) atoms. The summed E-state index contributed by atoms with van der Waals surface area (Å²) >= 11 is 0. The van der Waals surface area contributed by atoms with Crippen molar-refractivity contribution in [2.24, 2.45) is 0 Å². The normalized spacial score (nSPS) is 13.1. The van der Waals surface area contributed by atoms with Gasteiger partial charge in [0.05, 0.1) is 0 Å². The summed E-state index contributed by atoms with van der Waals surface area (Å²) in [5.74, 6) is -2.98. The molecule has 0 aliphatic heterocycles. The van der Waals surface area contributed by atoms with Gasteiger partial charge in [0.1, 0.15) is 11.3 Å². The first-order valence-electron chi connectivity index (χ1n) is 7.61. The molecule has 2 unspecified atom stereocenters. The highest BCUT2D eigenvalue weighted by Crippen LogP contribution is 2.11. The molecule has 0 aliphatic carbocycles. The van der Waals surface area contributed by atoms with Crippen LogP contribution < -0.4 is 5.32 Å². The number of nitrogens with zero attached hydrogens (tertiary/aromatic N) is 2. The second-order valence-corrected chi connectivity index (χ2v) is 7.88. The minimum atomic E-state index is -3.80. The number of carboxylic acids is 1. The molecule has 1 aromatic carbocycles. The van der Waals surface area contributed by atoms with Gasteiger partial charge in [-0.2, -0.15) is 4.79 Å². The Bertz CT molecular complexity index is 816. The molecule has 0 saturated carbocycles. The van der Waals surface area contributed by atoms with E-state index in [0.29, 0.717) is 11.8 Å². The lowest BCUT2D eigenvalue weighted by atomic mass is 10.1. The summed E-state index contributed by atoms with van der Waals surface area (Å²) in [4.78, 5) is 37.5. The van der Waals surface area contributed by atoms with Gasteiger partial charge in [0, 0.05) is 12.7 Å². The Labute approximate surface area is 150 Å². The van der Waals surface area contributed by atoms with Crippen molar-refractivity contribution in [2.75, 3.05) is 6.26 Å². The number of Topliss-reactive ketones (excluding diaryl/α,β-unsaturated/α-hetero) is 1. The zero-order valence-electron chi connectivity index (χ0n) is 14.0. The highest BCUT2D eigenvalue weighted by molar-refractivity contribution is 7.92. The Morgan fingerprint density at radius 3 is 2.38 bits per heavy atom. The van der Waals surface area contributed by atoms with Crippen LogP contribution in [0, 0.1) is 0 Å². The predicted octanol–water partition coefficient (Wildman–Crippen LogP) is -0.138. The number of hydrogen-bond acceptors (Lipinski definition) is 5. The summed E-state index contributed by atoms with van der Waals surface area (Å²) in [5, 5.41) is 9.89. The number of amides is 1. The zero-order chi connectivity index (χ0) is 19.7. The average molecular weight is 381 g/mol. The molecule has 140 valence electrons. The van der Waals surface area contributed by atoms with Crippen LogP contribution in [0.3, 0.4) is 0 Å². The topological polar surface area (TPSA) is 154 Å². The molecule has 0 spiro atoms. The first-order valence-corrected chi connectivity index (χ1v) is 9.57. The molecule has 10 heteroatoms. The van der Waals surface area contributed by atoms with Gasteiger partial charge in [0.25, 0.3) is 0 Å². The molecule has 9 nitrogen and oxygen atoms in total. The fourth-order valence-electron chi connectivity index (χ4n) is 2.20. The number of benzene rings is 1. The van der Waals surface area contributed by atoms with Crippen LogP contribution in [0.2, 0.25) is 0 Å². The van der Waals surface area contributed by atoms with Crippen molar-refractivity contribution in [1.29, 1.82) is 0 Å². The minimum Gasteiger partial charge on any atom is -0.480 e. The molecule has 0 heterocycles. The number of carbonyl (C=O) groups is 3. The van der Waals surface area contributed by atoms with Gasteiger partial charge in [-0.1, -0.05) is 30.3 Å². The largest absolute Gasteiger partial charge is 0.480 e. The molecule has 1 amide bonds. The van der Waals surface area contributed by atoms with Gasteiger partial charge in [-0.05, 0) is 18.4 Å². The summed E-state index contributed by atoms with van der Waals surface area (Å²) < 4.78 is 23.9. The minimum absolute atomic E-state index is 0.103. The van der Waals surface area contributed by atoms with Gasteiger partial charge in [0.15, 0.2) is 9.84 Å². The molecule has 2 N–H and O–H groups in total. The lowest BCUT2D eigenvalue weighted by molar-refractivity contribution is -0.142. The van der Waals surface area contributed by atoms with Crippen molar-refractivity contribution in [1.82, 2.24) is 5.32 Å². The van der Waals surface area contributed by atoms with Gasteiger partial charge >= 0.3 is 12.2 Å². The van der Waals surface area contributed by atoms with Crippen molar-refractivity contribution < 1.29 is 32.7 Å². The van der Waals surface area contributed by atoms with E-state index in [-0.39, 0.29) is 19.3 Å². The highest BCUT2D eigenvalue weighted by Gasteiger charge is 2.32. The first-order chi connectivity index (χ1) is 12.1. The summed E-state index contributed by atoms with van der Waals surface area (Å²) in [6, 6.07) is 7.01. The van der Waals surface area contributed by atoms with Crippen LogP contribution >= 0.6 is 0 Å². The van der Waals surface area contributed by atoms with Crippen LogP contribution in [0.15, 0.2) is 30.3 Å². The summed E-state index contributed by atoms with van der Waals surface area (Å²) in [5.41, 5.74) is 8.87. The van der Waals surface area contributed by atoms with Gasteiger partial charge in [-0.25, -0.2) is 13.2 Å². The Balaban J connectivity index is 2.90. The Hall–Kier alpha value is -2.84. The summed E-state index contributed by atoms with van der Waals surface area (Å²) in [6.45, 7) is 0. The van der Waals surface area contributed by atoms with Crippen LogP contribution in [-0.2, 0) is 30.6 Å². The van der Waals surface area contributed by atoms with E-state index in [2.05, 4.69) is 10.1 Å². The number of carboxylic acid groups (broad SMARTS) is 1. The SMILES string of the molecule is CS(=O)(=O)C(Cc1ccccc1)C(=O)NC(CCC(=O)C=[N+]=[N-])C(=O)O. The van der Waals surface area contributed by atoms with E-state index >= 15 is 0 Å². The summed E-state index contributed by atoms with van der Waals surface area (Å²) in [7, 11) is -3.80. The number of aliphatic carboxylic acids is 1. The van der Waals surface area contributed by atoms with Crippen LogP contribution in [0.25, 0.3) is 5.53 Å². The van der Waals surface area contributed by atoms with E-state index < -0.39 is 38.8 Å². The second kappa shape index (κ2) is 9.59. The van der Waals surface area contributed by atoms with Crippen LogP contribution in [-0.4, -0.2) is 59.7 Å². The average Bonchev–Trinajstić information content (AvgIpc) is 2.56. The Kier molecular flexibility index (Phi) is 7.82. The number of rotatable bonds is 10. The van der Waals surface area contributed by atoms with Gasteiger partial charge in [0.2, 0.25) is 11.7 Å². The van der Waals surface area contributed by atoms with E-state index in [1.807, 2.05) is 0 Å². The molecular formula is C16H19N3O6S. The van der Waals surface area contributed by atoms with Gasteiger partial charge in [-0.3, -0.25) is 9.59 Å². The number of nitrogens with one attached hydrogen (secondary N) is 1. The highest BCUT2D eigenvalue weighted by atomic mass is 32.2. The Morgan fingerprint density at radius 2 is 1.88 bits per heavy atom. The number of ketones is 1. The third kappa shape index (κ3) is 6.96. The van der Waals surface area contributed by atoms with Crippen LogP contribution in [0.1, 0.15) is 18.4 Å². The van der Waals surface area contributed by atoms with Crippen molar-refractivity contribution in [3.63, 3.8) is 0 Å². The van der Waals surface area contributed by atoms with Gasteiger partial charge < -0.3 is 16.0 Å². The van der Waals surface area contributed by atoms with Crippen molar-refractivity contribution >= 4 is 33.7 Å². The van der Waals surface area contributed by atoms with Crippen molar-refractivity contribution in [3.05, 3.63) is 41.4 Å². The number of carbonyl (C=O) groups excluding carboxylic acids is 2. The smallest absolute Gasteiger partial charge is 0.326 e. The van der Waals surface area contributed by atoms with Crippen LogP contribution in [0.4, 0.5) is 0 Å². The maximum absolute atomic E-state index is 12.4. The molecule has 0 radical (unpaired) electrons. The number of hydrogen-bond donors (Lipinski definition) is 2. The molecule has 0 bridgehead atoms. The number of sulfone groups is 1. The predicted molar refractivity (Wildman–Crippen MR) is 92.3 cm³/mol. The summed E-state index contributed by atoms with van der Waals surface area (Å²) in [6.07, 6.45) is 0.859. The third-order valence-electron chi connectivity index (χ3n) is 3.57. The lowest BCUT2D eigenvalue weighted by Gasteiger charge is -2.19. The molecule has 1 aromatic rings. The molecular weight excluding hydrogens is 362 g/mol. The standard InChI is InChI=1S/C16H19N3O6S/c1-26(24,25)14(9-11-5-3-2-4-6-11)15(21)19-13(16(22)23)8-7-12(20)10-18-17/h2-6,10,13-14H,7-9H2,1H3,(H,19,21)(H,22,23). The van der Waals surface area contributed by atoms with E-state index in [1.54, 1.807) is 30.3 Å². The van der Waals surface area contributed by atoms with Crippen molar-refractivity contribution in [2.45, 2.75) is 30.6 Å². The monoisotopic (exact) mass is 381 g/mol. The Morgan fingerprint density at radius 1 is 1.27 bits per heavy atom. The molecule has 0 fully saturated rings. The molecule has 0 aromatic heterocycles.